The Balaban J connectivity index is 1.72. The zero-order valence-electron chi connectivity index (χ0n) is 19.9. The molecule has 2 atom stereocenters. The third-order valence-electron chi connectivity index (χ3n) is 6.70. The van der Waals surface area contributed by atoms with Gasteiger partial charge in [0.1, 0.15) is 5.75 Å². The van der Waals surface area contributed by atoms with Crippen LogP contribution in [-0.2, 0) is 6.42 Å². The van der Waals surface area contributed by atoms with Gasteiger partial charge < -0.3 is 19.9 Å². The van der Waals surface area contributed by atoms with E-state index in [1.165, 1.54) is 11.3 Å². The Kier molecular flexibility index (Phi) is 6.26. The number of phenolic OH excluding ortho intramolecular Hbond substituents is 1. The Bertz CT molecular complexity index is 1400. The topological polar surface area (TPSA) is 53.3 Å². The first-order valence-electron chi connectivity index (χ1n) is 11.7. The molecule has 5 rings (SSSR count). The summed E-state index contributed by atoms with van der Waals surface area (Å²) in [5, 5.41) is 15.3. The van der Waals surface area contributed by atoms with E-state index in [2.05, 4.69) is 66.0 Å². The van der Waals surface area contributed by atoms with Crippen molar-refractivity contribution in [2.45, 2.75) is 39.3 Å². The number of para-hydroxylation sites is 1. The second-order valence-corrected chi connectivity index (χ2v) is 9.60. The smallest absolute Gasteiger partial charge is 0.174 e. The molecule has 7 heteroatoms. The van der Waals surface area contributed by atoms with Crippen LogP contribution in [0.3, 0.4) is 0 Å². The number of halogens is 1. The van der Waals surface area contributed by atoms with Gasteiger partial charge in [0.15, 0.2) is 5.11 Å². The molecule has 1 aliphatic rings. The highest BCUT2D eigenvalue weighted by atomic mass is 35.5. The number of benzene rings is 2. The summed E-state index contributed by atoms with van der Waals surface area (Å²) in [6, 6.07) is 21.2. The highest BCUT2D eigenvalue weighted by molar-refractivity contribution is 7.80. The monoisotopic (exact) mass is 502 g/mol. The fourth-order valence-corrected chi connectivity index (χ4v) is 5.61. The zero-order valence-corrected chi connectivity index (χ0v) is 21.4. The number of aromatic hydroxyl groups is 1. The van der Waals surface area contributed by atoms with Gasteiger partial charge in [0.05, 0.1) is 23.5 Å². The first-order chi connectivity index (χ1) is 16.9. The van der Waals surface area contributed by atoms with Crippen LogP contribution in [0, 0.1) is 13.8 Å². The predicted octanol–water partition coefficient (Wildman–Crippen LogP) is 6.59. The summed E-state index contributed by atoms with van der Waals surface area (Å²) in [7, 11) is 0. The molecule has 3 heterocycles. The molecule has 2 N–H and O–H groups in total. The molecule has 0 saturated carbocycles. The van der Waals surface area contributed by atoms with Crippen LogP contribution in [0.4, 0.5) is 5.69 Å². The molecule has 1 fully saturated rings. The number of nitrogens with one attached hydrogen (secondary N) is 1. The van der Waals surface area contributed by atoms with Crippen molar-refractivity contribution in [2.75, 3.05) is 4.90 Å². The van der Waals surface area contributed by atoms with E-state index in [1.54, 1.807) is 24.4 Å². The number of anilines is 1. The number of phenols is 1. The summed E-state index contributed by atoms with van der Waals surface area (Å²) in [5.41, 5.74) is 7.26. The van der Waals surface area contributed by atoms with Crippen LogP contribution >= 0.6 is 23.8 Å². The molecule has 2 aromatic carbocycles. The van der Waals surface area contributed by atoms with E-state index in [-0.39, 0.29) is 17.8 Å². The van der Waals surface area contributed by atoms with E-state index in [0.717, 1.165) is 29.1 Å². The van der Waals surface area contributed by atoms with Gasteiger partial charge in [0.2, 0.25) is 0 Å². The summed E-state index contributed by atoms with van der Waals surface area (Å²) in [6.45, 7) is 6.44. The third-order valence-corrected chi connectivity index (χ3v) is 7.25. The minimum Gasteiger partial charge on any atom is -0.506 e. The molecule has 0 spiro atoms. The normalized spacial score (nSPS) is 17.6. The zero-order chi connectivity index (χ0) is 24.7. The lowest BCUT2D eigenvalue weighted by molar-refractivity contribution is 0.472. The van der Waals surface area contributed by atoms with E-state index >= 15 is 0 Å². The summed E-state index contributed by atoms with van der Waals surface area (Å²) in [4.78, 5) is 6.61. The lowest BCUT2D eigenvalue weighted by Gasteiger charge is -2.29. The van der Waals surface area contributed by atoms with Gasteiger partial charge in [-0.15, -0.1) is 0 Å². The highest BCUT2D eigenvalue weighted by Gasteiger charge is 2.43. The van der Waals surface area contributed by atoms with Crippen LogP contribution in [0.25, 0.3) is 5.69 Å². The number of aryl methyl sites for hydroxylation is 2. The number of thiocarbonyl (C=S) groups is 1. The fourth-order valence-electron chi connectivity index (χ4n) is 5.11. The van der Waals surface area contributed by atoms with Crippen molar-refractivity contribution < 1.29 is 5.11 Å². The van der Waals surface area contributed by atoms with Crippen molar-refractivity contribution in [2.24, 2.45) is 0 Å². The first kappa shape index (κ1) is 23.4. The van der Waals surface area contributed by atoms with Gasteiger partial charge in [-0.3, -0.25) is 4.98 Å². The van der Waals surface area contributed by atoms with E-state index < -0.39 is 0 Å². The maximum atomic E-state index is 10.8. The molecule has 4 aromatic rings. The second kappa shape index (κ2) is 9.36. The van der Waals surface area contributed by atoms with Crippen LogP contribution in [0.1, 0.15) is 47.2 Å². The Morgan fingerprint density at radius 3 is 2.54 bits per heavy atom. The Morgan fingerprint density at radius 2 is 1.80 bits per heavy atom. The van der Waals surface area contributed by atoms with E-state index in [4.69, 9.17) is 23.8 Å². The Labute approximate surface area is 216 Å². The molecule has 0 radical (unpaired) electrons. The minimum absolute atomic E-state index is 0.121. The lowest BCUT2D eigenvalue weighted by Crippen LogP contribution is -2.29. The summed E-state index contributed by atoms with van der Waals surface area (Å²) < 4.78 is 2.31. The standard InChI is InChI=1S/C28H27ClN4OS/c1-4-19-9-5-6-11-23(19)32-17(2)15-21(18(32)3)27-26(22-10-7-8-14-30-22)31-28(35)33(27)24-16-20(29)12-13-25(24)34/h5-16,26-27,34H,4H2,1-3H3,(H,31,35)/t26-,27-/m1/s1. The Hall–Kier alpha value is -3.35. The molecule has 0 bridgehead atoms. The number of hydrogen-bond acceptors (Lipinski definition) is 3. The molecule has 0 amide bonds. The molecule has 0 unspecified atom stereocenters. The van der Waals surface area contributed by atoms with E-state index in [1.807, 2.05) is 23.1 Å². The third kappa shape index (κ3) is 4.07. The van der Waals surface area contributed by atoms with Crippen LogP contribution in [0.5, 0.6) is 5.75 Å². The van der Waals surface area contributed by atoms with Crippen LogP contribution in [-0.4, -0.2) is 19.8 Å². The predicted molar refractivity (Wildman–Crippen MR) is 146 cm³/mol. The molecule has 1 saturated heterocycles. The van der Waals surface area contributed by atoms with Crippen molar-refractivity contribution in [3.8, 4) is 11.4 Å². The van der Waals surface area contributed by atoms with Crippen molar-refractivity contribution in [3.63, 3.8) is 0 Å². The summed E-state index contributed by atoms with van der Waals surface area (Å²) in [5.74, 6) is 0.121. The molecule has 1 aliphatic heterocycles. The van der Waals surface area contributed by atoms with Gasteiger partial charge in [-0.25, -0.2) is 0 Å². The maximum Gasteiger partial charge on any atom is 0.174 e. The maximum absolute atomic E-state index is 10.8. The number of hydrogen-bond donors (Lipinski definition) is 2. The van der Waals surface area contributed by atoms with Gasteiger partial charge in [0.25, 0.3) is 0 Å². The van der Waals surface area contributed by atoms with Crippen LogP contribution < -0.4 is 10.2 Å². The van der Waals surface area contributed by atoms with Crippen molar-refractivity contribution in [3.05, 3.63) is 106 Å². The van der Waals surface area contributed by atoms with Gasteiger partial charge >= 0.3 is 0 Å². The molecule has 5 nitrogen and oxygen atoms in total. The first-order valence-corrected chi connectivity index (χ1v) is 12.5. The van der Waals surface area contributed by atoms with Crippen LogP contribution in [0.2, 0.25) is 5.02 Å². The van der Waals surface area contributed by atoms with Gasteiger partial charge in [-0.2, -0.15) is 0 Å². The average molecular weight is 503 g/mol. The molecule has 35 heavy (non-hydrogen) atoms. The minimum atomic E-state index is -0.240. The molecular weight excluding hydrogens is 476 g/mol. The number of nitrogens with zero attached hydrogens (tertiary/aromatic N) is 3. The van der Waals surface area contributed by atoms with Crippen molar-refractivity contribution in [1.82, 2.24) is 14.9 Å². The van der Waals surface area contributed by atoms with E-state index in [0.29, 0.717) is 15.8 Å². The highest BCUT2D eigenvalue weighted by Crippen LogP contribution is 2.46. The SMILES string of the molecule is CCc1ccccc1-n1c(C)cc([C@@H]2[C@@H](c3ccccn3)NC(=S)N2c2cc(Cl)ccc2O)c1C. The van der Waals surface area contributed by atoms with Gasteiger partial charge in [-0.1, -0.05) is 42.8 Å². The van der Waals surface area contributed by atoms with E-state index in [9.17, 15) is 5.11 Å². The summed E-state index contributed by atoms with van der Waals surface area (Å²) >= 11 is 12.2. The number of pyridine rings is 1. The molecule has 178 valence electrons. The lowest BCUT2D eigenvalue weighted by atomic mass is 9.96. The Morgan fingerprint density at radius 1 is 1.03 bits per heavy atom. The average Bonchev–Trinajstić information content (AvgIpc) is 3.36. The van der Waals surface area contributed by atoms with Gasteiger partial charge in [-0.05, 0) is 86.1 Å². The second-order valence-electron chi connectivity index (χ2n) is 8.77. The largest absolute Gasteiger partial charge is 0.506 e. The molecule has 0 aliphatic carbocycles. The van der Waals surface area contributed by atoms with Crippen LogP contribution in [0.15, 0.2) is 72.9 Å². The quantitative estimate of drug-likeness (QED) is 0.301. The fraction of sp³-hybridized carbons (Fsp3) is 0.214. The molecular formula is C28H27ClN4OS. The van der Waals surface area contributed by atoms with Crippen molar-refractivity contribution in [1.29, 1.82) is 0 Å². The van der Waals surface area contributed by atoms with Gasteiger partial charge in [0, 0.05) is 28.3 Å². The number of rotatable bonds is 5. The number of aromatic nitrogens is 2. The summed E-state index contributed by atoms with van der Waals surface area (Å²) in [6.07, 6.45) is 2.73. The van der Waals surface area contributed by atoms with Crippen molar-refractivity contribution >= 4 is 34.6 Å². The molecule has 2 aromatic heterocycles.